The normalized spacial score (nSPS) is 27.5. The molecule has 0 saturated carbocycles. The lowest BCUT2D eigenvalue weighted by atomic mass is 9.96. The third-order valence-electron chi connectivity index (χ3n) is 9.20. The van der Waals surface area contributed by atoms with E-state index >= 15 is 0 Å². The molecule has 0 radical (unpaired) electrons. The van der Waals surface area contributed by atoms with Crippen molar-refractivity contribution < 1.29 is 93.4 Å². The zero-order chi connectivity index (χ0) is 41.6. The van der Waals surface area contributed by atoms with Gasteiger partial charge in [-0.25, -0.2) is 9.59 Å². The van der Waals surface area contributed by atoms with Gasteiger partial charge in [-0.2, -0.15) is 0 Å². The molecule has 2 saturated heterocycles. The van der Waals surface area contributed by atoms with Crippen LogP contribution in [0.5, 0.6) is 40.2 Å². The van der Waals surface area contributed by atoms with E-state index in [-0.39, 0.29) is 53.1 Å². The quantitative estimate of drug-likeness (QED) is 0.0611. The zero-order valence-corrected chi connectivity index (χ0v) is 30.8. The number of hydrogen-bond donors (Lipinski definition) is 9. The van der Waals surface area contributed by atoms with E-state index in [2.05, 4.69) is 0 Å². The average molecular weight is 805 g/mol. The van der Waals surface area contributed by atoms with Crippen molar-refractivity contribution in [1.29, 1.82) is 0 Å². The fraction of sp³-hybridized carbons (Fsp3) is 0.421. The van der Waals surface area contributed by atoms with Crippen molar-refractivity contribution in [2.75, 3.05) is 27.4 Å². The lowest BCUT2D eigenvalue weighted by Gasteiger charge is -2.46. The minimum atomic E-state index is -1.95. The number of phenolic OH excluding ortho intramolecular Hbond substituents is 5. The van der Waals surface area contributed by atoms with Crippen molar-refractivity contribution in [1.82, 2.24) is 0 Å². The molecule has 2 aliphatic heterocycles. The second-order valence-corrected chi connectivity index (χ2v) is 13.0. The SMILES string of the molecule is COc1cc(C(=O)O[C@@H]2[C@@H](O)[C@@H](O)[C@H](O[C@@H]3[C@@H](O)[C@H](OCCc4ccc(O)c(O)c4)O[C@H](CO)[C@H]3OC(=O)C=Cc3ccc(O)c(O)c3)O[C@H]2C)cc(OC)c1O. The Balaban J connectivity index is 1.34. The summed E-state index contributed by atoms with van der Waals surface area (Å²) in [6.45, 7) is 0.464. The molecule has 0 unspecified atom stereocenters. The number of aliphatic hydroxyl groups is 4. The Morgan fingerprint density at radius 3 is 2.00 bits per heavy atom. The van der Waals surface area contributed by atoms with E-state index in [0.29, 0.717) is 11.1 Å². The molecule has 3 aromatic carbocycles. The van der Waals surface area contributed by atoms with Gasteiger partial charge in [0.15, 0.2) is 59.3 Å². The first-order chi connectivity index (χ1) is 27.1. The standard InChI is InChI=1S/C38H44O19/c1-17-33(56-36(49)20-14-25(50-2)29(45)26(15-20)51-3)30(46)31(47)38(53-17)57-35-32(48)37(52-11-10-19-5-8-22(41)24(43)13-19)54-27(16-39)34(35)55-28(44)9-6-18-4-7-21(40)23(42)12-18/h4-9,12-15,17,27,30-35,37-43,45-48H,10-11,16H2,1-3H3/t17-,27+,30-,31+,32+,33-,34+,35+,37+,38-/m0/s1. The summed E-state index contributed by atoms with van der Waals surface area (Å²) >= 11 is 0. The van der Waals surface area contributed by atoms with Crippen LogP contribution in [0.4, 0.5) is 0 Å². The summed E-state index contributed by atoms with van der Waals surface area (Å²) in [4.78, 5) is 26.2. The number of esters is 2. The zero-order valence-electron chi connectivity index (χ0n) is 30.8. The third kappa shape index (κ3) is 9.96. The van der Waals surface area contributed by atoms with Crippen LogP contribution in [0.1, 0.15) is 28.4 Å². The maximum absolute atomic E-state index is 13.2. The van der Waals surface area contributed by atoms with E-state index in [1.807, 2.05) is 0 Å². The highest BCUT2D eigenvalue weighted by atomic mass is 16.7. The van der Waals surface area contributed by atoms with Gasteiger partial charge in [0.2, 0.25) is 5.75 Å². The Labute approximate surface area is 325 Å². The van der Waals surface area contributed by atoms with Crippen LogP contribution in [-0.2, 0) is 39.6 Å². The van der Waals surface area contributed by atoms with Crippen molar-refractivity contribution in [2.24, 2.45) is 0 Å². The van der Waals surface area contributed by atoms with Crippen LogP contribution in [0.25, 0.3) is 6.08 Å². The fourth-order valence-electron chi connectivity index (χ4n) is 6.11. The largest absolute Gasteiger partial charge is 0.504 e. The number of carbonyl (C=O) groups excluding carboxylic acids is 2. The Hall–Kier alpha value is -5.38. The van der Waals surface area contributed by atoms with Crippen molar-refractivity contribution in [3.63, 3.8) is 0 Å². The molecule has 0 aromatic heterocycles. The lowest BCUT2D eigenvalue weighted by molar-refractivity contribution is -0.357. The summed E-state index contributed by atoms with van der Waals surface area (Å²) in [7, 11) is 2.51. The molecule has 0 aliphatic carbocycles. The molecule has 0 amide bonds. The van der Waals surface area contributed by atoms with E-state index in [1.54, 1.807) is 0 Å². The van der Waals surface area contributed by atoms with Crippen LogP contribution in [-0.4, -0.2) is 147 Å². The number of hydrogen-bond acceptors (Lipinski definition) is 19. The number of ether oxygens (including phenoxy) is 8. The highest BCUT2D eigenvalue weighted by Crippen LogP contribution is 2.38. The maximum Gasteiger partial charge on any atom is 0.338 e. The summed E-state index contributed by atoms with van der Waals surface area (Å²) in [5.74, 6) is -4.15. The van der Waals surface area contributed by atoms with Crippen LogP contribution < -0.4 is 9.47 Å². The molecule has 57 heavy (non-hydrogen) atoms. The minimum Gasteiger partial charge on any atom is -0.504 e. The Kier molecular flexibility index (Phi) is 14.0. The van der Waals surface area contributed by atoms with Crippen molar-refractivity contribution >= 4 is 18.0 Å². The molecule has 10 atom stereocenters. The lowest BCUT2D eigenvalue weighted by Crippen LogP contribution is -2.65. The molecule has 5 rings (SSSR count). The first-order valence-corrected chi connectivity index (χ1v) is 17.5. The van der Waals surface area contributed by atoms with Crippen LogP contribution in [0.15, 0.2) is 54.6 Å². The number of aromatic hydroxyl groups is 5. The third-order valence-corrected chi connectivity index (χ3v) is 9.20. The molecule has 19 heteroatoms. The smallest absolute Gasteiger partial charge is 0.338 e. The predicted octanol–water partition coefficient (Wildman–Crippen LogP) is 0.572. The van der Waals surface area contributed by atoms with E-state index in [4.69, 9.17) is 37.9 Å². The predicted molar refractivity (Wildman–Crippen MR) is 192 cm³/mol. The molecule has 2 heterocycles. The highest BCUT2D eigenvalue weighted by Gasteiger charge is 2.53. The summed E-state index contributed by atoms with van der Waals surface area (Å²) in [6, 6.07) is 10.2. The Bertz CT molecular complexity index is 1870. The van der Waals surface area contributed by atoms with E-state index in [0.717, 1.165) is 6.08 Å². The summed E-state index contributed by atoms with van der Waals surface area (Å²) in [6.07, 6.45) is -13.9. The first-order valence-electron chi connectivity index (χ1n) is 17.5. The molecule has 9 N–H and O–H groups in total. The monoisotopic (exact) mass is 804 g/mol. The van der Waals surface area contributed by atoms with Gasteiger partial charge in [-0.3, -0.25) is 0 Å². The van der Waals surface area contributed by atoms with E-state index in [9.17, 15) is 55.5 Å². The molecule has 2 aliphatic rings. The second-order valence-electron chi connectivity index (χ2n) is 13.0. The van der Waals surface area contributed by atoms with Gasteiger partial charge in [0.25, 0.3) is 0 Å². The fourth-order valence-corrected chi connectivity index (χ4v) is 6.11. The maximum atomic E-state index is 13.2. The van der Waals surface area contributed by atoms with Gasteiger partial charge in [0.05, 0.1) is 39.1 Å². The average Bonchev–Trinajstić information content (AvgIpc) is 3.19. The number of rotatable bonds is 14. The number of carbonyl (C=O) groups is 2. The van der Waals surface area contributed by atoms with Crippen LogP contribution in [0.2, 0.25) is 0 Å². The van der Waals surface area contributed by atoms with Crippen molar-refractivity contribution in [3.8, 4) is 40.2 Å². The number of phenols is 5. The minimum absolute atomic E-state index is 0.105. The van der Waals surface area contributed by atoms with Gasteiger partial charge in [0.1, 0.15) is 30.5 Å². The van der Waals surface area contributed by atoms with Crippen LogP contribution in [0, 0.1) is 0 Å². The summed E-state index contributed by atoms with van der Waals surface area (Å²) in [5, 5.41) is 93.2. The number of aliphatic hydroxyl groups excluding tert-OH is 4. The molecule has 310 valence electrons. The van der Waals surface area contributed by atoms with Crippen molar-refractivity contribution in [2.45, 2.75) is 74.8 Å². The van der Waals surface area contributed by atoms with E-state index in [1.165, 1.54) is 75.8 Å². The first kappa shape index (κ1) is 42.8. The molecular weight excluding hydrogens is 760 g/mol. The van der Waals surface area contributed by atoms with Crippen LogP contribution in [0.3, 0.4) is 0 Å². The molecule has 0 bridgehead atoms. The second kappa shape index (κ2) is 18.7. The molecule has 3 aromatic rings. The van der Waals surface area contributed by atoms with Gasteiger partial charge in [-0.05, 0) is 66.9 Å². The summed E-state index contributed by atoms with van der Waals surface area (Å²) < 4.78 is 44.6. The number of benzene rings is 3. The van der Waals surface area contributed by atoms with Gasteiger partial charge in [-0.15, -0.1) is 0 Å². The molecule has 19 nitrogen and oxygen atoms in total. The van der Waals surface area contributed by atoms with E-state index < -0.39 is 85.7 Å². The molecule has 2 fully saturated rings. The van der Waals surface area contributed by atoms with Gasteiger partial charge >= 0.3 is 11.9 Å². The highest BCUT2D eigenvalue weighted by molar-refractivity contribution is 5.91. The topological polar surface area (TPSA) is 290 Å². The van der Waals surface area contributed by atoms with Gasteiger partial charge in [-0.1, -0.05) is 12.1 Å². The molecular formula is C38H44O19. The Morgan fingerprint density at radius 1 is 0.737 bits per heavy atom. The van der Waals surface area contributed by atoms with Gasteiger partial charge in [0, 0.05) is 6.08 Å². The Morgan fingerprint density at radius 2 is 1.39 bits per heavy atom. The number of methoxy groups -OCH3 is 2. The van der Waals surface area contributed by atoms with Crippen LogP contribution >= 0.6 is 0 Å². The van der Waals surface area contributed by atoms with Crippen molar-refractivity contribution in [3.05, 3.63) is 71.3 Å². The molecule has 0 spiro atoms. The van der Waals surface area contributed by atoms with Gasteiger partial charge < -0.3 is 83.9 Å². The summed E-state index contributed by atoms with van der Waals surface area (Å²) in [5.41, 5.74) is 0.705.